The molecule has 3 atom stereocenters. The molecule has 184 valence electrons. The van der Waals surface area contributed by atoms with Gasteiger partial charge in [-0.1, -0.05) is 38.1 Å². The normalized spacial score (nSPS) is 20.0. The highest BCUT2D eigenvalue weighted by atomic mass is 32.2. The first-order valence-electron chi connectivity index (χ1n) is 11.0. The fraction of sp³-hybridized carbons (Fsp3) is 0.500. The highest BCUT2D eigenvalue weighted by Crippen LogP contribution is 2.49. The minimum absolute atomic E-state index is 0.0246. The van der Waals surface area contributed by atoms with Gasteiger partial charge >= 0.3 is 6.18 Å². The quantitative estimate of drug-likeness (QED) is 0.437. The average molecular weight is 497 g/mol. The zero-order valence-electron chi connectivity index (χ0n) is 19.9. The summed E-state index contributed by atoms with van der Waals surface area (Å²) in [4.78, 5) is 4.33. The molecule has 0 bridgehead atoms. The Morgan fingerprint density at radius 3 is 2.35 bits per heavy atom. The molecule has 2 heterocycles. The maximum atomic E-state index is 14.0. The lowest BCUT2D eigenvalue weighted by Crippen LogP contribution is -2.42. The third-order valence-electron chi connectivity index (χ3n) is 6.33. The third-order valence-corrected chi connectivity index (χ3v) is 8.11. The Kier molecular flexibility index (Phi) is 5.92. The molecule has 0 spiro atoms. The summed E-state index contributed by atoms with van der Waals surface area (Å²) in [5, 5.41) is 3.96. The lowest BCUT2D eigenvalue weighted by atomic mass is 9.86. The van der Waals surface area contributed by atoms with Crippen LogP contribution in [0.4, 0.5) is 17.6 Å². The number of rotatable bonds is 4. The molecule has 1 aromatic carbocycles. The minimum Gasteiger partial charge on any atom is -0.242 e. The predicted octanol–water partition coefficient (Wildman–Crippen LogP) is 5.68. The van der Waals surface area contributed by atoms with Gasteiger partial charge in [0.05, 0.1) is 10.4 Å². The van der Waals surface area contributed by atoms with Crippen LogP contribution in [0.3, 0.4) is 0 Å². The van der Waals surface area contributed by atoms with Crippen LogP contribution in [0, 0.1) is 5.95 Å². The molecule has 1 unspecified atom stereocenters. The number of hydrogen-bond donors (Lipinski definition) is 0. The number of nitrogens with zero attached hydrogens (tertiary/aromatic N) is 4. The van der Waals surface area contributed by atoms with E-state index in [0.29, 0.717) is 12.1 Å². The number of alkyl halides is 3. The van der Waals surface area contributed by atoms with Crippen molar-refractivity contribution in [3.8, 4) is 0 Å². The lowest BCUT2D eigenvalue weighted by molar-refractivity contribution is -0.170. The fourth-order valence-electron chi connectivity index (χ4n) is 4.91. The summed E-state index contributed by atoms with van der Waals surface area (Å²) in [7, 11) is -0.614. The van der Waals surface area contributed by atoms with E-state index in [9.17, 15) is 21.8 Å². The average Bonchev–Trinajstić information content (AvgIpc) is 3.22. The summed E-state index contributed by atoms with van der Waals surface area (Å²) in [6, 6.07) is 5.55. The van der Waals surface area contributed by atoms with E-state index in [2.05, 4.69) is 10.1 Å². The van der Waals surface area contributed by atoms with Crippen LogP contribution in [0.2, 0.25) is 0 Å². The molecule has 0 aliphatic heterocycles. The van der Waals surface area contributed by atoms with Crippen molar-refractivity contribution in [1.82, 2.24) is 18.9 Å². The second-order valence-electron chi connectivity index (χ2n) is 10.5. The van der Waals surface area contributed by atoms with Crippen molar-refractivity contribution in [2.24, 2.45) is 0 Å². The van der Waals surface area contributed by atoms with Crippen molar-refractivity contribution in [3.05, 3.63) is 64.9 Å². The summed E-state index contributed by atoms with van der Waals surface area (Å²) in [5.41, 5.74) is 2.68. The Hall–Kier alpha value is -2.33. The first kappa shape index (κ1) is 24.8. The van der Waals surface area contributed by atoms with Crippen molar-refractivity contribution >= 4 is 16.6 Å². The fourth-order valence-corrected chi connectivity index (χ4v) is 6.21. The molecule has 0 amide bonds. The minimum atomic E-state index is -4.60. The lowest BCUT2D eigenvalue weighted by Gasteiger charge is -2.33. The first-order valence-corrected chi connectivity index (χ1v) is 12.1. The monoisotopic (exact) mass is 496 g/mol. The van der Waals surface area contributed by atoms with Gasteiger partial charge in [-0.25, -0.2) is 18.0 Å². The van der Waals surface area contributed by atoms with E-state index in [4.69, 9.17) is 0 Å². The van der Waals surface area contributed by atoms with Crippen LogP contribution < -0.4 is 0 Å². The van der Waals surface area contributed by atoms with E-state index < -0.39 is 33.9 Å². The summed E-state index contributed by atoms with van der Waals surface area (Å²) >= 11 is 0. The maximum Gasteiger partial charge on any atom is 0.409 e. The molecule has 1 aliphatic carbocycles. The van der Waals surface area contributed by atoms with Crippen molar-refractivity contribution in [2.75, 3.05) is 7.05 Å². The van der Waals surface area contributed by atoms with Gasteiger partial charge < -0.3 is 0 Å². The molecule has 34 heavy (non-hydrogen) atoms. The maximum absolute atomic E-state index is 14.0. The van der Waals surface area contributed by atoms with Gasteiger partial charge in [0, 0.05) is 36.2 Å². The van der Waals surface area contributed by atoms with E-state index in [-0.39, 0.29) is 16.9 Å². The first-order chi connectivity index (χ1) is 15.6. The largest absolute Gasteiger partial charge is 0.409 e. The van der Waals surface area contributed by atoms with Crippen LogP contribution in [0.5, 0.6) is 0 Å². The smallest absolute Gasteiger partial charge is 0.242 e. The SMILES string of the molecule is CN([C@@H](c1ccc(C2CC(C)(C)c3c2cnc2cc(F)nn32)cc1)C(F)(F)F)[S@](=O)C(C)(C)C. The molecular formula is C24H28F4N4OS. The van der Waals surface area contributed by atoms with Crippen molar-refractivity contribution in [3.63, 3.8) is 0 Å². The molecule has 0 saturated heterocycles. The standard InChI is InChI=1S/C24H28F4N4OS/c1-22(2,3)34(33)31(6)20(24(26,27)28)15-9-7-14(8-10-15)16-12-23(4,5)21-17(16)13-29-19-11-18(25)30-32(19)21/h7-11,13,16,20H,12H2,1-6H3/t16?,20-,34+/m0/s1. The molecule has 4 rings (SSSR count). The van der Waals surface area contributed by atoms with E-state index in [1.807, 2.05) is 13.8 Å². The number of aromatic nitrogens is 3. The zero-order chi connectivity index (χ0) is 25.2. The number of fused-ring (bicyclic) bond motifs is 3. The molecular weight excluding hydrogens is 468 g/mol. The van der Waals surface area contributed by atoms with E-state index in [1.54, 1.807) is 39.1 Å². The van der Waals surface area contributed by atoms with Gasteiger partial charge in [0.1, 0.15) is 17.0 Å². The van der Waals surface area contributed by atoms with E-state index in [0.717, 1.165) is 21.1 Å². The van der Waals surface area contributed by atoms with Crippen LogP contribution in [-0.4, -0.2) is 41.1 Å². The van der Waals surface area contributed by atoms with Crippen LogP contribution in [-0.2, 0) is 16.4 Å². The third kappa shape index (κ3) is 4.26. The van der Waals surface area contributed by atoms with Crippen LogP contribution in [0.25, 0.3) is 5.65 Å². The highest BCUT2D eigenvalue weighted by molar-refractivity contribution is 7.84. The molecule has 5 nitrogen and oxygen atoms in total. The van der Waals surface area contributed by atoms with Gasteiger partial charge in [-0.15, -0.1) is 5.10 Å². The summed E-state index contributed by atoms with van der Waals surface area (Å²) in [5.74, 6) is -0.728. The van der Waals surface area contributed by atoms with Crippen LogP contribution in [0.1, 0.15) is 75.4 Å². The van der Waals surface area contributed by atoms with Gasteiger partial charge in [0.15, 0.2) is 5.65 Å². The Morgan fingerprint density at radius 1 is 1.18 bits per heavy atom. The Morgan fingerprint density at radius 2 is 1.79 bits per heavy atom. The number of halogens is 4. The van der Waals surface area contributed by atoms with Gasteiger partial charge in [0.2, 0.25) is 5.95 Å². The molecule has 0 saturated carbocycles. The summed E-state index contributed by atoms with van der Waals surface area (Å²) in [6.45, 7) is 9.01. The van der Waals surface area contributed by atoms with Gasteiger partial charge in [-0.2, -0.15) is 17.6 Å². The molecule has 0 fully saturated rings. The Bertz CT molecular complexity index is 1240. The topological polar surface area (TPSA) is 50.5 Å². The molecule has 0 N–H and O–H groups in total. The molecule has 0 radical (unpaired) electrons. The molecule has 1 aliphatic rings. The van der Waals surface area contributed by atoms with Gasteiger partial charge in [0.25, 0.3) is 0 Å². The van der Waals surface area contributed by atoms with Crippen LogP contribution >= 0.6 is 0 Å². The van der Waals surface area contributed by atoms with E-state index >= 15 is 0 Å². The Labute approximate surface area is 198 Å². The van der Waals surface area contributed by atoms with Gasteiger partial charge in [-0.3, -0.25) is 0 Å². The molecule has 10 heteroatoms. The zero-order valence-corrected chi connectivity index (χ0v) is 20.8. The predicted molar refractivity (Wildman–Crippen MR) is 123 cm³/mol. The Balaban J connectivity index is 1.72. The summed E-state index contributed by atoms with van der Waals surface area (Å²) < 4.78 is 70.2. The second-order valence-corrected chi connectivity index (χ2v) is 12.8. The molecule has 3 aromatic rings. The van der Waals surface area contributed by atoms with E-state index in [1.165, 1.54) is 29.8 Å². The second kappa shape index (κ2) is 8.12. The van der Waals surface area contributed by atoms with Crippen molar-refractivity contribution < 1.29 is 21.8 Å². The highest BCUT2D eigenvalue weighted by Gasteiger charge is 2.47. The molecule has 2 aromatic heterocycles. The van der Waals surface area contributed by atoms with Gasteiger partial charge in [-0.05, 0) is 38.3 Å². The van der Waals surface area contributed by atoms with Crippen molar-refractivity contribution in [1.29, 1.82) is 0 Å². The summed E-state index contributed by atoms with van der Waals surface area (Å²) in [6.07, 6.45) is -2.21. The van der Waals surface area contributed by atoms with Crippen molar-refractivity contribution in [2.45, 2.75) is 69.3 Å². The van der Waals surface area contributed by atoms with Crippen LogP contribution in [0.15, 0.2) is 36.5 Å². The number of hydrogen-bond acceptors (Lipinski definition) is 3. The number of benzene rings is 1.